The second-order valence-electron chi connectivity index (χ2n) is 8.24. The Morgan fingerprint density at radius 1 is 1.12 bits per heavy atom. The lowest BCUT2D eigenvalue weighted by atomic mass is 9.98. The fourth-order valence-corrected chi connectivity index (χ4v) is 4.08. The van der Waals surface area contributed by atoms with E-state index in [9.17, 15) is 9.59 Å². The van der Waals surface area contributed by atoms with Gasteiger partial charge in [-0.1, -0.05) is 35.0 Å². The van der Waals surface area contributed by atoms with Crippen molar-refractivity contribution in [3.05, 3.63) is 58.1 Å². The van der Waals surface area contributed by atoms with E-state index in [0.29, 0.717) is 28.5 Å². The molecule has 0 unspecified atom stereocenters. The Hall–Kier alpha value is -2.45. The van der Waals surface area contributed by atoms with Gasteiger partial charge in [-0.3, -0.25) is 14.9 Å². The van der Waals surface area contributed by atoms with Gasteiger partial charge >= 0.3 is 0 Å². The van der Waals surface area contributed by atoms with Crippen molar-refractivity contribution in [2.75, 3.05) is 18.4 Å². The van der Waals surface area contributed by atoms with Crippen molar-refractivity contribution in [2.24, 2.45) is 5.92 Å². The van der Waals surface area contributed by atoms with Gasteiger partial charge in [0.05, 0.1) is 22.9 Å². The molecule has 1 fully saturated rings. The molecule has 2 aromatic carbocycles. The largest absolute Gasteiger partial charge is 0.490 e. The third kappa shape index (κ3) is 6.29. The van der Waals surface area contributed by atoms with E-state index in [4.69, 9.17) is 17.0 Å². The number of ether oxygens (including phenoxy) is 1. The van der Waals surface area contributed by atoms with Crippen LogP contribution in [0.4, 0.5) is 5.69 Å². The number of thiocarbonyl (C=S) groups is 1. The number of hydrogen-bond acceptors (Lipinski definition) is 4. The highest BCUT2D eigenvalue weighted by atomic mass is 79.9. The van der Waals surface area contributed by atoms with E-state index in [2.05, 4.69) is 33.5 Å². The van der Waals surface area contributed by atoms with Crippen molar-refractivity contribution in [2.45, 2.75) is 39.7 Å². The smallest absolute Gasteiger partial charge is 0.261 e. The molecule has 1 heterocycles. The molecule has 2 amide bonds. The van der Waals surface area contributed by atoms with Gasteiger partial charge in [-0.2, -0.15) is 0 Å². The molecule has 0 spiro atoms. The van der Waals surface area contributed by atoms with Gasteiger partial charge in [-0.25, -0.2) is 0 Å². The molecule has 6 nitrogen and oxygen atoms in total. The number of amides is 2. The third-order valence-corrected chi connectivity index (χ3v) is 5.95. The quantitative estimate of drug-likeness (QED) is 0.531. The summed E-state index contributed by atoms with van der Waals surface area (Å²) in [6.45, 7) is 7.50. The van der Waals surface area contributed by atoms with Crippen LogP contribution >= 0.6 is 28.1 Å². The first-order valence-corrected chi connectivity index (χ1v) is 11.9. The molecular weight excluding hydrogens is 490 g/mol. The van der Waals surface area contributed by atoms with Crippen molar-refractivity contribution >= 4 is 50.8 Å². The lowest BCUT2D eigenvalue weighted by molar-refractivity contribution is 0.0698. The molecule has 2 N–H and O–H groups in total. The zero-order valence-electron chi connectivity index (χ0n) is 18.5. The van der Waals surface area contributed by atoms with Crippen LogP contribution in [0.1, 0.15) is 54.3 Å². The van der Waals surface area contributed by atoms with Gasteiger partial charge in [0.15, 0.2) is 5.11 Å². The van der Waals surface area contributed by atoms with E-state index in [-0.39, 0.29) is 17.1 Å². The van der Waals surface area contributed by atoms with Crippen LogP contribution in [0, 0.1) is 5.92 Å². The number of carbonyl (C=O) groups is 2. The summed E-state index contributed by atoms with van der Waals surface area (Å²) in [6, 6.07) is 12.4. The number of nitrogens with one attached hydrogen (secondary N) is 2. The van der Waals surface area contributed by atoms with E-state index >= 15 is 0 Å². The highest BCUT2D eigenvalue weighted by Gasteiger charge is 2.24. The molecule has 0 atom stereocenters. The average molecular weight is 518 g/mol. The zero-order chi connectivity index (χ0) is 23.3. The summed E-state index contributed by atoms with van der Waals surface area (Å²) in [5.41, 5.74) is 1.46. The minimum Gasteiger partial charge on any atom is -0.490 e. The monoisotopic (exact) mass is 517 g/mol. The van der Waals surface area contributed by atoms with Gasteiger partial charge in [0.2, 0.25) is 0 Å². The number of piperidine rings is 1. The Balaban J connectivity index is 1.72. The summed E-state index contributed by atoms with van der Waals surface area (Å²) in [4.78, 5) is 27.8. The summed E-state index contributed by atoms with van der Waals surface area (Å²) in [7, 11) is 0. The lowest BCUT2D eigenvalue weighted by Crippen LogP contribution is -2.39. The molecule has 32 heavy (non-hydrogen) atoms. The predicted molar refractivity (Wildman–Crippen MR) is 134 cm³/mol. The maximum atomic E-state index is 13.1. The first-order chi connectivity index (χ1) is 15.2. The number of carbonyl (C=O) groups excluding carboxylic acids is 2. The molecule has 0 aliphatic carbocycles. The molecule has 8 heteroatoms. The van der Waals surface area contributed by atoms with E-state index in [1.807, 2.05) is 36.9 Å². The summed E-state index contributed by atoms with van der Waals surface area (Å²) in [5, 5.41) is 5.82. The van der Waals surface area contributed by atoms with Gasteiger partial charge < -0.3 is 15.0 Å². The van der Waals surface area contributed by atoms with Crippen molar-refractivity contribution in [1.29, 1.82) is 0 Å². The summed E-state index contributed by atoms with van der Waals surface area (Å²) in [6.07, 6.45) is 1.93. The highest BCUT2D eigenvalue weighted by molar-refractivity contribution is 9.10. The number of benzene rings is 2. The van der Waals surface area contributed by atoms with Crippen molar-refractivity contribution in [3.63, 3.8) is 0 Å². The van der Waals surface area contributed by atoms with Gasteiger partial charge in [0, 0.05) is 17.6 Å². The van der Waals surface area contributed by atoms with Crippen molar-refractivity contribution in [3.8, 4) is 5.75 Å². The summed E-state index contributed by atoms with van der Waals surface area (Å²) >= 11 is 8.77. The van der Waals surface area contributed by atoms with E-state index in [1.165, 1.54) is 0 Å². The Morgan fingerprint density at radius 2 is 1.81 bits per heavy atom. The molecule has 2 aromatic rings. The van der Waals surface area contributed by atoms with Crippen LogP contribution in [0.15, 0.2) is 46.9 Å². The molecule has 1 saturated heterocycles. The van der Waals surface area contributed by atoms with Crippen LogP contribution in [-0.2, 0) is 0 Å². The van der Waals surface area contributed by atoms with Crippen LogP contribution < -0.4 is 15.4 Å². The fourth-order valence-electron chi connectivity index (χ4n) is 3.52. The first kappa shape index (κ1) is 24.2. The second-order valence-corrected chi connectivity index (χ2v) is 9.56. The van der Waals surface area contributed by atoms with E-state index < -0.39 is 5.91 Å². The van der Waals surface area contributed by atoms with Gasteiger partial charge in [-0.15, -0.1) is 0 Å². The lowest BCUT2D eigenvalue weighted by Gasteiger charge is -2.31. The fraction of sp³-hybridized carbons (Fsp3) is 0.375. The van der Waals surface area contributed by atoms with Crippen LogP contribution in [-0.4, -0.2) is 41.0 Å². The molecule has 1 aliphatic heterocycles. The normalized spacial score (nSPS) is 14.2. The molecule has 0 radical (unpaired) electrons. The summed E-state index contributed by atoms with van der Waals surface area (Å²) in [5.74, 6) is 0.679. The van der Waals surface area contributed by atoms with Gasteiger partial charge in [0.1, 0.15) is 5.75 Å². The standard InChI is InChI=1S/C24H28BrN3O3S/c1-15(2)31-21-9-8-17(25)14-19(21)22(29)27-24(32)26-20-7-5-4-6-18(20)23(30)28-12-10-16(3)11-13-28/h4-9,14-16H,10-13H2,1-3H3,(H2,26,27,29,32). The predicted octanol–water partition coefficient (Wildman–Crippen LogP) is 5.24. The molecular formula is C24H28BrN3O3S. The number of halogens is 1. The molecule has 0 aromatic heterocycles. The van der Waals surface area contributed by atoms with Gasteiger partial charge in [0.25, 0.3) is 11.8 Å². The second kappa shape index (κ2) is 10.9. The van der Waals surface area contributed by atoms with Gasteiger partial charge in [-0.05, 0) is 75.2 Å². The van der Waals surface area contributed by atoms with E-state index in [0.717, 1.165) is 30.4 Å². The Kier molecular flexibility index (Phi) is 8.26. The van der Waals surface area contributed by atoms with Crippen LogP contribution in [0.2, 0.25) is 0 Å². The Morgan fingerprint density at radius 3 is 2.50 bits per heavy atom. The maximum absolute atomic E-state index is 13.1. The van der Waals surface area contributed by atoms with Crippen molar-refractivity contribution in [1.82, 2.24) is 10.2 Å². The molecule has 0 bridgehead atoms. The SMILES string of the molecule is CC1CCN(C(=O)c2ccccc2NC(=S)NC(=O)c2cc(Br)ccc2OC(C)C)CC1. The molecule has 3 rings (SSSR count). The first-order valence-electron chi connectivity index (χ1n) is 10.7. The minimum atomic E-state index is -0.395. The minimum absolute atomic E-state index is 0.0336. The Labute approximate surface area is 202 Å². The van der Waals surface area contributed by atoms with Crippen LogP contribution in [0.3, 0.4) is 0 Å². The number of nitrogens with zero attached hydrogens (tertiary/aromatic N) is 1. The topological polar surface area (TPSA) is 70.7 Å². The maximum Gasteiger partial charge on any atom is 0.261 e. The van der Waals surface area contributed by atoms with E-state index in [1.54, 1.807) is 24.3 Å². The number of likely N-dealkylation sites (tertiary alicyclic amines) is 1. The zero-order valence-corrected chi connectivity index (χ0v) is 20.9. The third-order valence-electron chi connectivity index (χ3n) is 5.25. The molecule has 0 saturated carbocycles. The molecule has 1 aliphatic rings. The van der Waals surface area contributed by atoms with Crippen LogP contribution in [0.5, 0.6) is 5.75 Å². The number of anilines is 1. The van der Waals surface area contributed by atoms with Crippen LogP contribution in [0.25, 0.3) is 0 Å². The summed E-state index contributed by atoms with van der Waals surface area (Å²) < 4.78 is 6.51. The average Bonchev–Trinajstić information content (AvgIpc) is 2.75. The number of hydrogen-bond donors (Lipinski definition) is 2. The Bertz CT molecular complexity index is 1000. The highest BCUT2D eigenvalue weighted by Crippen LogP contribution is 2.25. The van der Waals surface area contributed by atoms with Crippen molar-refractivity contribution < 1.29 is 14.3 Å². The number of para-hydroxylation sites is 1. The molecule has 170 valence electrons. The number of rotatable bonds is 5.